The van der Waals surface area contributed by atoms with Gasteiger partial charge in [-0.2, -0.15) is 0 Å². The zero-order valence-electron chi connectivity index (χ0n) is 28.7. The Balaban J connectivity index is 1.58. The molecule has 246 valence electrons. The van der Waals surface area contributed by atoms with Crippen LogP contribution < -0.4 is 4.74 Å². The van der Waals surface area contributed by atoms with Crippen molar-refractivity contribution < 1.29 is 14.2 Å². The molecule has 0 aliphatic rings. The largest absolute Gasteiger partial charge is 0.494 e. The Bertz CT molecular complexity index is 1170. The molecule has 0 aliphatic carbocycles. The van der Waals surface area contributed by atoms with Crippen LogP contribution in [0.4, 0.5) is 0 Å². The number of ether oxygens (including phenoxy) is 3. The molecule has 2 rings (SSSR count). The molecule has 0 radical (unpaired) electrons. The molecule has 0 aromatic heterocycles. The highest BCUT2D eigenvalue weighted by atomic mass is 16.5. The first-order valence-corrected chi connectivity index (χ1v) is 17.1. The number of hydrogen-bond donors (Lipinski definition) is 0. The van der Waals surface area contributed by atoms with Crippen LogP contribution in [0.5, 0.6) is 5.75 Å². The third-order valence-electron chi connectivity index (χ3n) is 8.68. The van der Waals surface area contributed by atoms with Crippen LogP contribution >= 0.6 is 0 Å². The second-order valence-corrected chi connectivity index (χ2v) is 12.6. The summed E-state index contributed by atoms with van der Waals surface area (Å²) in [6.07, 6.45) is 19.1. The molecule has 0 aliphatic heterocycles. The minimum Gasteiger partial charge on any atom is -0.494 e. The second-order valence-electron chi connectivity index (χ2n) is 12.6. The molecular weight excluding hydrogens is 552 g/mol. The average Bonchev–Trinajstić information content (AvgIpc) is 3.06. The Kier molecular flexibility index (Phi) is 18.7. The predicted octanol–water partition coefficient (Wildman–Crippen LogP) is 11.9. The van der Waals surface area contributed by atoms with E-state index >= 15 is 0 Å². The first-order valence-electron chi connectivity index (χ1n) is 17.1. The highest BCUT2D eigenvalue weighted by Gasteiger charge is 2.19. The van der Waals surface area contributed by atoms with Gasteiger partial charge in [-0.05, 0) is 98.1 Å². The number of benzene rings is 2. The van der Waals surface area contributed by atoms with E-state index in [1.807, 2.05) is 18.2 Å². The van der Waals surface area contributed by atoms with Gasteiger partial charge in [0, 0.05) is 6.61 Å². The van der Waals surface area contributed by atoms with Crippen molar-refractivity contribution >= 4 is 0 Å². The van der Waals surface area contributed by atoms with Crippen molar-refractivity contribution in [2.75, 3.05) is 19.8 Å². The molecule has 0 spiro atoms. The maximum atomic E-state index is 5.93. The molecule has 0 fully saturated rings. The van der Waals surface area contributed by atoms with Gasteiger partial charge < -0.3 is 14.2 Å². The Morgan fingerprint density at radius 3 is 1.89 bits per heavy atom. The SMILES string of the molecule is C=CC(=C)CCCCCCOc1ccc(Cc2ccc(COC(=C)/C=C\C(=C)CCCCCOCC(C)(CC)CC)cc2)cc1. The lowest BCUT2D eigenvalue weighted by Gasteiger charge is -2.26. The zero-order chi connectivity index (χ0) is 32.8. The fourth-order valence-electron chi connectivity index (χ4n) is 4.82. The summed E-state index contributed by atoms with van der Waals surface area (Å²) in [4.78, 5) is 0. The van der Waals surface area contributed by atoms with E-state index in [4.69, 9.17) is 14.2 Å². The van der Waals surface area contributed by atoms with Crippen LogP contribution in [0, 0.1) is 5.41 Å². The third kappa shape index (κ3) is 17.1. The maximum Gasteiger partial charge on any atom is 0.119 e. The summed E-state index contributed by atoms with van der Waals surface area (Å²) < 4.78 is 17.7. The summed E-state index contributed by atoms with van der Waals surface area (Å²) in [5, 5.41) is 0. The van der Waals surface area contributed by atoms with Crippen LogP contribution in [0.2, 0.25) is 0 Å². The molecule has 45 heavy (non-hydrogen) atoms. The van der Waals surface area contributed by atoms with E-state index in [1.54, 1.807) is 0 Å². The molecule has 0 heterocycles. The molecule has 0 unspecified atom stereocenters. The van der Waals surface area contributed by atoms with Gasteiger partial charge in [-0.25, -0.2) is 0 Å². The van der Waals surface area contributed by atoms with E-state index in [2.05, 4.69) is 95.6 Å². The highest BCUT2D eigenvalue weighted by Crippen LogP contribution is 2.25. The molecule has 0 bridgehead atoms. The number of allylic oxidation sites excluding steroid dienone is 5. The van der Waals surface area contributed by atoms with Crippen LogP contribution in [0.15, 0.2) is 110 Å². The quantitative estimate of drug-likeness (QED) is 0.0601. The molecule has 3 heteroatoms. The average molecular weight is 613 g/mol. The maximum absolute atomic E-state index is 5.93. The molecule has 0 amide bonds. The van der Waals surface area contributed by atoms with Gasteiger partial charge in [0.1, 0.15) is 18.1 Å². The van der Waals surface area contributed by atoms with Crippen molar-refractivity contribution in [3.05, 3.63) is 127 Å². The molecular formula is C42H60O3. The van der Waals surface area contributed by atoms with Gasteiger partial charge >= 0.3 is 0 Å². The zero-order valence-corrected chi connectivity index (χ0v) is 28.7. The van der Waals surface area contributed by atoms with Crippen molar-refractivity contribution in [2.24, 2.45) is 5.41 Å². The topological polar surface area (TPSA) is 27.7 Å². The first-order chi connectivity index (χ1) is 21.8. The lowest BCUT2D eigenvalue weighted by atomic mass is 9.86. The Hall–Kier alpha value is -3.30. The smallest absolute Gasteiger partial charge is 0.119 e. The minimum atomic E-state index is 0.319. The van der Waals surface area contributed by atoms with E-state index in [0.29, 0.717) is 17.8 Å². The molecule has 0 N–H and O–H groups in total. The number of hydrogen-bond acceptors (Lipinski definition) is 3. The van der Waals surface area contributed by atoms with Crippen molar-refractivity contribution in [3.63, 3.8) is 0 Å². The van der Waals surface area contributed by atoms with E-state index in [0.717, 1.165) is 87.2 Å². The standard InChI is InChI=1S/C42H60O3/c1-8-35(4)18-14-11-12-17-31-44-41-28-26-39(27-29-41)32-38-22-24-40(25-23-38)33-45-37(6)21-20-36(5)19-15-13-16-30-43-34-42(7,9-2)10-3/h8,20-29H,1,4-6,9-19,30-34H2,2-3,7H3/b21-20-. The summed E-state index contributed by atoms with van der Waals surface area (Å²) in [5.74, 6) is 1.59. The van der Waals surface area contributed by atoms with Gasteiger partial charge in [0.25, 0.3) is 0 Å². The fourth-order valence-corrected chi connectivity index (χ4v) is 4.82. The van der Waals surface area contributed by atoms with Gasteiger partial charge in [0.2, 0.25) is 0 Å². The lowest BCUT2D eigenvalue weighted by molar-refractivity contribution is 0.0463. The minimum absolute atomic E-state index is 0.319. The van der Waals surface area contributed by atoms with E-state index in [9.17, 15) is 0 Å². The van der Waals surface area contributed by atoms with Gasteiger partial charge in [0.15, 0.2) is 0 Å². The van der Waals surface area contributed by atoms with Crippen molar-refractivity contribution in [1.82, 2.24) is 0 Å². The number of unbranched alkanes of at least 4 members (excludes halogenated alkanes) is 5. The van der Waals surface area contributed by atoms with Gasteiger partial charge in [-0.15, -0.1) is 0 Å². The summed E-state index contributed by atoms with van der Waals surface area (Å²) in [6, 6.07) is 17.1. The molecule has 3 nitrogen and oxygen atoms in total. The highest BCUT2D eigenvalue weighted by molar-refractivity contribution is 5.32. The van der Waals surface area contributed by atoms with E-state index in [-0.39, 0.29) is 0 Å². The van der Waals surface area contributed by atoms with Gasteiger partial charge in [-0.1, -0.05) is 126 Å². The molecule has 2 aromatic rings. The van der Waals surface area contributed by atoms with Crippen molar-refractivity contribution in [3.8, 4) is 5.75 Å². The summed E-state index contributed by atoms with van der Waals surface area (Å²) in [5.41, 5.74) is 6.22. The summed E-state index contributed by atoms with van der Waals surface area (Å²) >= 11 is 0. The molecule has 2 aromatic carbocycles. The molecule has 0 saturated heterocycles. The monoisotopic (exact) mass is 612 g/mol. The lowest BCUT2D eigenvalue weighted by Crippen LogP contribution is -2.21. The first kappa shape index (κ1) is 37.9. The molecule has 0 atom stereocenters. The Morgan fingerprint density at radius 1 is 0.689 bits per heavy atom. The van der Waals surface area contributed by atoms with Gasteiger partial charge in [0.05, 0.1) is 13.2 Å². The second kappa shape index (κ2) is 22.2. The van der Waals surface area contributed by atoms with Crippen LogP contribution in [0.3, 0.4) is 0 Å². The fraction of sp³-hybridized carbons (Fsp3) is 0.476. The van der Waals surface area contributed by atoms with Crippen LogP contribution in [0.1, 0.15) is 108 Å². The van der Waals surface area contributed by atoms with Crippen LogP contribution in [-0.4, -0.2) is 19.8 Å². The van der Waals surface area contributed by atoms with E-state index in [1.165, 1.54) is 43.2 Å². The third-order valence-corrected chi connectivity index (χ3v) is 8.68. The summed E-state index contributed by atoms with van der Waals surface area (Å²) in [7, 11) is 0. The van der Waals surface area contributed by atoms with Crippen LogP contribution in [0.25, 0.3) is 0 Å². The van der Waals surface area contributed by atoms with Crippen molar-refractivity contribution in [2.45, 2.75) is 104 Å². The Morgan fingerprint density at radius 2 is 1.24 bits per heavy atom. The normalized spacial score (nSPS) is 11.4. The predicted molar refractivity (Wildman–Crippen MR) is 194 cm³/mol. The number of rotatable bonds is 26. The van der Waals surface area contributed by atoms with Crippen LogP contribution in [-0.2, 0) is 22.5 Å². The van der Waals surface area contributed by atoms with Gasteiger partial charge in [-0.3, -0.25) is 0 Å². The Labute approximate surface area is 275 Å². The molecule has 0 saturated carbocycles. The van der Waals surface area contributed by atoms with Crippen molar-refractivity contribution in [1.29, 1.82) is 0 Å². The summed E-state index contributed by atoms with van der Waals surface area (Å²) in [6.45, 7) is 25.7. The van der Waals surface area contributed by atoms with E-state index < -0.39 is 0 Å².